The summed E-state index contributed by atoms with van der Waals surface area (Å²) in [5.74, 6) is -0.864. The molecular formula is C20H12O2. The van der Waals surface area contributed by atoms with Crippen LogP contribution in [0.4, 0.5) is 0 Å². The van der Waals surface area contributed by atoms with Crippen LogP contribution < -0.4 is 0 Å². The molecule has 0 saturated carbocycles. The molecule has 0 spiro atoms. The lowest BCUT2D eigenvalue weighted by Crippen LogP contribution is -2.01. The Balaban J connectivity index is 2.17. The van der Waals surface area contributed by atoms with Gasteiger partial charge in [0.25, 0.3) is 0 Å². The van der Waals surface area contributed by atoms with E-state index in [1.54, 1.807) is 6.07 Å². The molecule has 0 atom stereocenters. The molecule has 2 heteroatoms. The van der Waals surface area contributed by atoms with Crippen LogP contribution in [-0.2, 0) is 6.42 Å². The van der Waals surface area contributed by atoms with Crippen molar-refractivity contribution in [2.75, 3.05) is 0 Å². The van der Waals surface area contributed by atoms with Crippen molar-refractivity contribution in [2.24, 2.45) is 0 Å². The van der Waals surface area contributed by atoms with Gasteiger partial charge in [-0.05, 0) is 62.0 Å². The summed E-state index contributed by atoms with van der Waals surface area (Å²) in [5, 5.41) is 16.2. The molecule has 0 aliphatic heterocycles. The van der Waals surface area contributed by atoms with E-state index in [2.05, 4.69) is 42.5 Å². The highest BCUT2D eigenvalue weighted by Crippen LogP contribution is 2.41. The molecule has 0 fully saturated rings. The average Bonchev–Trinajstić information content (AvgIpc) is 2.54. The van der Waals surface area contributed by atoms with E-state index in [0.717, 1.165) is 22.6 Å². The van der Waals surface area contributed by atoms with E-state index in [-0.39, 0.29) is 0 Å². The highest BCUT2D eigenvalue weighted by atomic mass is 16.4. The number of hydrogen-bond donors (Lipinski definition) is 1. The molecule has 0 heterocycles. The Morgan fingerprint density at radius 2 is 1.64 bits per heavy atom. The molecule has 0 radical (unpaired) electrons. The molecule has 0 saturated heterocycles. The molecule has 2 nitrogen and oxygen atoms in total. The first-order valence-corrected chi connectivity index (χ1v) is 7.37. The van der Waals surface area contributed by atoms with E-state index in [4.69, 9.17) is 0 Å². The fourth-order valence-electron chi connectivity index (χ4n) is 3.82. The molecule has 1 aliphatic rings. The lowest BCUT2D eigenvalue weighted by atomic mass is 9.84. The average molecular weight is 284 g/mol. The van der Waals surface area contributed by atoms with Crippen LogP contribution in [0.3, 0.4) is 0 Å². The maximum Gasteiger partial charge on any atom is 0.336 e. The fourth-order valence-corrected chi connectivity index (χ4v) is 3.82. The summed E-state index contributed by atoms with van der Waals surface area (Å²) in [6, 6.07) is 14.2. The fraction of sp³-hybridized carbons (Fsp3) is 0.0500. The summed E-state index contributed by atoms with van der Waals surface area (Å²) in [7, 11) is 0. The molecule has 4 aromatic carbocycles. The van der Waals surface area contributed by atoms with E-state index >= 15 is 0 Å². The number of allylic oxidation sites excluding steroid dienone is 1. The van der Waals surface area contributed by atoms with Gasteiger partial charge in [-0.1, -0.05) is 42.5 Å². The number of hydrogen-bond acceptors (Lipinski definition) is 1. The third-order valence-corrected chi connectivity index (χ3v) is 4.75. The Morgan fingerprint density at radius 3 is 2.45 bits per heavy atom. The summed E-state index contributed by atoms with van der Waals surface area (Å²) in [6.45, 7) is 0. The molecule has 0 aromatic heterocycles. The summed E-state index contributed by atoms with van der Waals surface area (Å²) in [4.78, 5) is 11.6. The van der Waals surface area contributed by atoms with Crippen molar-refractivity contribution in [3.8, 4) is 0 Å². The maximum absolute atomic E-state index is 11.6. The summed E-state index contributed by atoms with van der Waals surface area (Å²) >= 11 is 0. The van der Waals surface area contributed by atoms with Crippen molar-refractivity contribution in [3.63, 3.8) is 0 Å². The molecule has 5 rings (SSSR count). The lowest BCUT2D eigenvalue weighted by molar-refractivity contribution is 0.0699. The molecular weight excluding hydrogens is 272 g/mol. The zero-order valence-corrected chi connectivity index (χ0v) is 11.8. The Labute approximate surface area is 126 Å². The van der Waals surface area contributed by atoms with Crippen LogP contribution >= 0.6 is 0 Å². The van der Waals surface area contributed by atoms with Crippen LogP contribution in [0.15, 0.2) is 48.5 Å². The van der Waals surface area contributed by atoms with Gasteiger partial charge in [0, 0.05) is 0 Å². The van der Waals surface area contributed by atoms with Crippen molar-refractivity contribution >= 4 is 44.4 Å². The second-order valence-corrected chi connectivity index (χ2v) is 5.90. The Morgan fingerprint density at radius 1 is 0.909 bits per heavy atom. The second-order valence-electron chi connectivity index (χ2n) is 5.90. The minimum absolute atomic E-state index is 0.387. The van der Waals surface area contributed by atoms with Gasteiger partial charge in [0.05, 0.1) is 5.56 Å². The van der Waals surface area contributed by atoms with E-state index in [9.17, 15) is 9.90 Å². The van der Waals surface area contributed by atoms with Crippen LogP contribution in [0, 0.1) is 0 Å². The molecule has 1 aliphatic carbocycles. The van der Waals surface area contributed by atoms with Crippen LogP contribution in [0.2, 0.25) is 0 Å². The van der Waals surface area contributed by atoms with Gasteiger partial charge in [0.2, 0.25) is 0 Å². The van der Waals surface area contributed by atoms with E-state index < -0.39 is 5.97 Å². The van der Waals surface area contributed by atoms with Crippen molar-refractivity contribution < 1.29 is 9.90 Å². The van der Waals surface area contributed by atoms with Gasteiger partial charge >= 0.3 is 5.97 Å². The van der Waals surface area contributed by atoms with Gasteiger partial charge < -0.3 is 5.11 Å². The van der Waals surface area contributed by atoms with Gasteiger partial charge in [-0.25, -0.2) is 4.79 Å². The van der Waals surface area contributed by atoms with Gasteiger partial charge in [-0.2, -0.15) is 0 Å². The van der Waals surface area contributed by atoms with Crippen molar-refractivity contribution in [1.29, 1.82) is 0 Å². The van der Waals surface area contributed by atoms with Crippen molar-refractivity contribution in [2.45, 2.75) is 6.42 Å². The topological polar surface area (TPSA) is 37.3 Å². The predicted molar refractivity (Wildman–Crippen MR) is 89.8 cm³/mol. The molecule has 0 unspecified atom stereocenters. The standard InChI is InChI=1S/C20H12O2/c21-20(22)15-9-8-12-5-7-13-6-4-11-2-1-3-14-10-16(15)18(12)19(13)17(11)14/h1-2,4-10H,3H2,(H,21,22). The van der Waals surface area contributed by atoms with E-state index in [1.807, 2.05) is 6.07 Å². The van der Waals surface area contributed by atoms with Gasteiger partial charge in [-0.3, -0.25) is 0 Å². The minimum atomic E-state index is -0.864. The Kier molecular flexibility index (Phi) is 2.06. The first kappa shape index (κ1) is 11.8. The molecule has 1 N–H and O–H groups in total. The van der Waals surface area contributed by atoms with E-state index in [1.165, 1.54) is 27.3 Å². The van der Waals surface area contributed by atoms with E-state index in [0.29, 0.717) is 5.56 Å². The van der Waals surface area contributed by atoms with Crippen molar-refractivity contribution in [3.05, 3.63) is 65.2 Å². The molecule has 104 valence electrons. The predicted octanol–water partition coefficient (Wildman–Crippen LogP) is 4.85. The minimum Gasteiger partial charge on any atom is -0.478 e. The Bertz CT molecular complexity index is 1120. The second kappa shape index (κ2) is 3.86. The van der Waals surface area contributed by atoms with Crippen LogP contribution in [0.5, 0.6) is 0 Å². The highest BCUT2D eigenvalue weighted by Gasteiger charge is 2.19. The maximum atomic E-state index is 11.6. The normalized spacial score (nSPS) is 13.5. The Hall–Kier alpha value is -2.87. The quantitative estimate of drug-likeness (QED) is 0.507. The zero-order chi connectivity index (χ0) is 14.8. The SMILES string of the molecule is O=C(O)c1ccc2ccc3ccc4c5c(cc1c2c35)CC=C4. The number of carbonyl (C=O) groups is 1. The number of benzene rings is 4. The highest BCUT2D eigenvalue weighted by molar-refractivity contribution is 6.27. The first-order valence-electron chi connectivity index (χ1n) is 7.37. The largest absolute Gasteiger partial charge is 0.478 e. The lowest BCUT2D eigenvalue weighted by Gasteiger charge is -2.19. The summed E-state index contributed by atoms with van der Waals surface area (Å²) < 4.78 is 0. The third-order valence-electron chi connectivity index (χ3n) is 4.75. The number of carboxylic acids is 1. The number of aromatic carboxylic acids is 1. The van der Waals surface area contributed by atoms with Gasteiger partial charge in [-0.15, -0.1) is 0 Å². The first-order chi connectivity index (χ1) is 10.7. The monoisotopic (exact) mass is 284 g/mol. The van der Waals surface area contributed by atoms with Gasteiger partial charge in [0.1, 0.15) is 0 Å². The van der Waals surface area contributed by atoms with Crippen LogP contribution in [-0.4, -0.2) is 11.1 Å². The molecule has 4 aromatic rings. The third kappa shape index (κ3) is 1.32. The smallest absolute Gasteiger partial charge is 0.336 e. The summed E-state index contributed by atoms with van der Waals surface area (Å²) in [5.41, 5.74) is 2.83. The molecule has 0 bridgehead atoms. The van der Waals surface area contributed by atoms with Gasteiger partial charge in [0.15, 0.2) is 0 Å². The number of carboxylic acid groups (broad SMARTS) is 1. The number of rotatable bonds is 1. The molecule has 22 heavy (non-hydrogen) atoms. The summed E-state index contributed by atoms with van der Waals surface area (Å²) in [6.07, 6.45) is 5.17. The van der Waals surface area contributed by atoms with Crippen LogP contribution in [0.1, 0.15) is 21.5 Å². The molecule has 0 amide bonds. The zero-order valence-electron chi connectivity index (χ0n) is 11.8. The van der Waals surface area contributed by atoms with Crippen LogP contribution in [0.25, 0.3) is 38.4 Å². The van der Waals surface area contributed by atoms with Crippen molar-refractivity contribution in [1.82, 2.24) is 0 Å².